The first-order valence-corrected chi connectivity index (χ1v) is 9.31. The van der Waals surface area contributed by atoms with Crippen LogP contribution in [0.4, 0.5) is 5.69 Å². The molecule has 0 unspecified atom stereocenters. The molecule has 0 radical (unpaired) electrons. The Hall–Kier alpha value is -2.06. The minimum Gasteiger partial charge on any atom is -0.494 e. The molecule has 0 saturated carbocycles. The number of aliphatic carboxylic acids is 1. The van der Waals surface area contributed by atoms with Crippen LogP contribution in [0, 0.1) is 0 Å². The van der Waals surface area contributed by atoms with Gasteiger partial charge in [-0.15, -0.1) is 0 Å². The van der Waals surface area contributed by atoms with Crippen LogP contribution in [0.3, 0.4) is 0 Å². The lowest BCUT2D eigenvalue weighted by Crippen LogP contribution is -2.35. The first-order valence-electron chi connectivity index (χ1n) is 7.07. The number of carboxylic acids is 1. The second-order valence-electron chi connectivity index (χ2n) is 4.79. The third-order valence-corrected chi connectivity index (χ3v) is 5.38. The van der Waals surface area contributed by atoms with Gasteiger partial charge in [0.25, 0.3) is 10.0 Å². The summed E-state index contributed by atoms with van der Waals surface area (Å²) in [7, 11) is -4.02. The lowest BCUT2D eigenvalue weighted by molar-refractivity contribution is -0.135. The molecule has 0 atom stereocenters. The number of carboxylic acid groups (broad SMARTS) is 1. The number of ether oxygens (including phenoxy) is 1. The van der Waals surface area contributed by atoms with E-state index in [1.165, 1.54) is 24.3 Å². The van der Waals surface area contributed by atoms with Crippen molar-refractivity contribution >= 4 is 37.6 Å². The van der Waals surface area contributed by atoms with E-state index in [0.29, 0.717) is 16.8 Å². The van der Waals surface area contributed by atoms with Crippen LogP contribution in [-0.2, 0) is 14.8 Å². The number of benzene rings is 2. The molecule has 0 aromatic heterocycles. The predicted octanol–water partition coefficient (Wildman–Crippen LogP) is 3.13. The molecule has 0 saturated heterocycles. The van der Waals surface area contributed by atoms with Gasteiger partial charge >= 0.3 is 5.97 Å². The van der Waals surface area contributed by atoms with E-state index < -0.39 is 22.5 Å². The Balaban J connectivity index is 2.45. The van der Waals surface area contributed by atoms with Crippen molar-refractivity contribution in [1.29, 1.82) is 0 Å². The number of nitrogens with zero attached hydrogens (tertiary/aromatic N) is 1. The smallest absolute Gasteiger partial charge is 0.324 e. The SMILES string of the molecule is CCOc1ccc(S(=O)(=O)N(CC(=O)O)c2cccc(Br)c2)cc1. The van der Waals surface area contributed by atoms with Gasteiger partial charge in [0.2, 0.25) is 0 Å². The number of halogens is 1. The maximum Gasteiger partial charge on any atom is 0.324 e. The normalized spacial score (nSPS) is 11.1. The highest BCUT2D eigenvalue weighted by Gasteiger charge is 2.27. The monoisotopic (exact) mass is 413 g/mol. The molecule has 0 bridgehead atoms. The summed E-state index contributed by atoms with van der Waals surface area (Å²) in [4.78, 5) is 11.1. The molecular weight excluding hydrogens is 398 g/mol. The van der Waals surface area contributed by atoms with Gasteiger partial charge in [0, 0.05) is 4.47 Å². The molecule has 0 aliphatic carbocycles. The zero-order valence-corrected chi connectivity index (χ0v) is 15.2. The molecule has 24 heavy (non-hydrogen) atoms. The van der Waals surface area contributed by atoms with Crippen LogP contribution in [0.15, 0.2) is 57.9 Å². The summed E-state index contributed by atoms with van der Waals surface area (Å²) < 4.78 is 32.5. The van der Waals surface area contributed by atoms with Crippen molar-refractivity contribution in [3.8, 4) is 5.75 Å². The van der Waals surface area contributed by atoms with Crippen LogP contribution in [0.25, 0.3) is 0 Å². The first kappa shape index (κ1) is 18.3. The van der Waals surface area contributed by atoms with Crippen molar-refractivity contribution in [1.82, 2.24) is 0 Å². The quantitative estimate of drug-likeness (QED) is 0.753. The van der Waals surface area contributed by atoms with Crippen LogP contribution >= 0.6 is 15.9 Å². The highest BCUT2D eigenvalue weighted by molar-refractivity contribution is 9.10. The molecule has 0 fully saturated rings. The summed E-state index contributed by atoms with van der Waals surface area (Å²) in [5.41, 5.74) is 0.264. The molecule has 2 aromatic rings. The largest absolute Gasteiger partial charge is 0.494 e. The van der Waals surface area contributed by atoms with Gasteiger partial charge in [-0.25, -0.2) is 8.42 Å². The molecule has 0 aliphatic heterocycles. The van der Waals surface area contributed by atoms with Gasteiger partial charge in [-0.2, -0.15) is 0 Å². The van der Waals surface area contributed by atoms with Crippen molar-refractivity contribution < 1.29 is 23.1 Å². The summed E-state index contributed by atoms with van der Waals surface area (Å²) in [5, 5.41) is 9.10. The van der Waals surface area contributed by atoms with Gasteiger partial charge in [0.1, 0.15) is 12.3 Å². The molecule has 2 aromatic carbocycles. The van der Waals surface area contributed by atoms with Crippen LogP contribution < -0.4 is 9.04 Å². The van der Waals surface area contributed by atoms with Gasteiger partial charge in [-0.3, -0.25) is 9.10 Å². The van der Waals surface area contributed by atoms with E-state index in [-0.39, 0.29) is 10.6 Å². The molecule has 1 N–H and O–H groups in total. The molecule has 0 amide bonds. The second kappa shape index (κ2) is 7.67. The van der Waals surface area contributed by atoms with E-state index in [4.69, 9.17) is 9.84 Å². The standard InChI is InChI=1S/C16H16BrNO5S/c1-2-23-14-6-8-15(9-7-14)24(21,22)18(11-16(19)20)13-5-3-4-12(17)10-13/h3-10H,2,11H2,1H3,(H,19,20). The van der Waals surface area contributed by atoms with Crippen molar-refractivity contribution in [3.05, 3.63) is 53.0 Å². The van der Waals surface area contributed by atoms with Crippen LogP contribution in [0.5, 0.6) is 5.75 Å². The Bertz CT molecular complexity index is 821. The maximum absolute atomic E-state index is 12.9. The van der Waals surface area contributed by atoms with Gasteiger partial charge < -0.3 is 9.84 Å². The lowest BCUT2D eigenvalue weighted by Gasteiger charge is -2.23. The number of sulfonamides is 1. The van der Waals surface area contributed by atoms with E-state index in [9.17, 15) is 13.2 Å². The topological polar surface area (TPSA) is 83.9 Å². The van der Waals surface area contributed by atoms with Crippen LogP contribution in [0.2, 0.25) is 0 Å². The fourth-order valence-electron chi connectivity index (χ4n) is 2.07. The molecule has 2 rings (SSSR count). The first-order chi connectivity index (χ1) is 11.3. The lowest BCUT2D eigenvalue weighted by atomic mass is 10.3. The van der Waals surface area contributed by atoms with E-state index in [1.54, 1.807) is 24.3 Å². The second-order valence-corrected chi connectivity index (χ2v) is 7.57. The summed E-state index contributed by atoms with van der Waals surface area (Å²) in [5.74, 6) is -0.701. The maximum atomic E-state index is 12.9. The average molecular weight is 414 g/mol. The molecule has 8 heteroatoms. The zero-order chi connectivity index (χ0) is 17.7. The predicted molar refractivity (Wildman–Crippen MR) is 93.9 cm³/mol. The number of hydrogen-bond donors (Lipinski definition) is 1. The highest BCUT2D eigenvalue weighted by atomic mass is 79.9. The van der Waals surface area contributed by atoms with Gasteiger partial charge in [-0.1, -0.05) is 22.0 Å². The third kappa shape index (κ3) is 4.27. The van der Waals surface area contributed by atoms with E-state index >= 15 is 0 Å². The van der Waals surface area contributed by atoms with Gasteiger partial charge in [-0.05, 0) is 49.4 Å². The van der Waals surface area contributed by atoms with Gasteiger partial charge in [0.05, 0.1) is 17.2 Å². The van der Waals surface area contributed by atoms with E-state index in [1.807, 2.05) is 6.92 Å². The number of hydrogen-bond acceptors (Lipinski definition) is 4. The number of rotatable bonds is 7. The summed E-state index contributed by atoms with van der Waals surface area (Å²) in [6.07, 6.45) is 0. The summed E-state index contributed by atoms with van der Waals surface area (Å²) in [6.45, 7) is 1.62. The number of carbonyl (C=O) groups is 1. The van der Waals surface area contributed by atoms with Crippen LogP contribution in [-0.4, -0.2) is 32.6 Å². The molecule has 0 aliphatic rings. The molecule has 0 heterocycles. The summed E-state index contributed by atoms with van der Waals surface area (Å²) >= 11 is 3.26. The number of anilines is 1. The molecule has 128 valence electrons. The van der Waals surface area contributed by atoms with Crippen LogP contribution in [0.1, 0.15) is 6.92 Å². The third-order valence-electron chi connectivity index (χ3n) is 3.10. The van der Waals surface area contributed by atoms with E-state index in [2.05, 4.69) is 15.9 Å². The summed E-state index contributed by atoms with van der Waals surface area (Å²) in [6, 6.07) is 12.3. The zero-order valence-electron chi connectivity index (χ0n) is 12.8. The Morgan fingerprint density at radius 1 is 1.21 bits per heavy atom. The van der Waals surface area contributed by atoms with E-state index in [0.717, 1.165) is 4.31 Å². The molecular formula is C16H16BrNO5S. The van der Waals surface area contributed by atoms with Crippen molar-refractivity contribution in [2.45, 2.75) is 11.8 Å². The molecule has 6 nitrogen and oxygen atoms in total. The minimum atomic E-state index is -4.02. The van der Waals surface area contributed by atoms with Crippen molar-refractivity contribution in [2.75, 3.05) is 17.5 Å². The van der Waals surface area contributed by atoms with Gasteiger partial charge in [0.15, 0.2) is 0 Å². The Morgan fingerprint density at radius 2 is 1.88 bits per heavy atom. The average Bonchev–Trinajstić information content (AvgIpc) is 2.53. The van der Waals surface area contributed by atoms with Crippen molar-refractivity contribution in [3.63, 3.8) is 0 Å². The Labute approximate surface area is 148 Å². The Kier molecular flexibility index (Phi) is 5.84. The highest BCUT2D eigenvalue weighted by Crippen LogP contribution is 2.27. The molecule has 0 spiro atoms. The fourth-order valence-corrected chi connectivity index (χ4v) is 3.86. The van der Waals surface area contributed by atoms with Crippen molar-refractivity contribution in [2.24, 2.45) is 0 Å². The fraction of sp³-hybridized carbons (Fsp3) is 0.188. The minimum absolute atomic E-state index is 0.00724. The Morgan fingerprint density at radius 3 is 2.42 bits per heavy atom.